The van der Waals surface area contributed by atoms with Gasteiger partial charge < -0.3 is 4.74 Å². The van der Waals surface area contributed by atoms with E-state index < -0.39 is 5.97 Å². The van der Waals surface area contributed by atoms with Gasteiger partial charge in [-0.15, -0.1) is 0 Å². The Balaban J connectivity index is 0. The molecule has 94 valence electrons. The van der Waals surface area contributed by atoms with Gasteiger partial charge >= 0.3 is 5.97 Å². The van der Waals surface area contributed by atoms with Gasteiger partial charge in [0.2, 0.25) is 0 Å². The van der Waals surface area contributed by atoms with E-state index in [-0.39, 0.29) is 29.6 Å². The normalized spacial score (nSPS) is 9.38. The van der Waals surface area contributed by atoms with E-state index >= 15 is 0 Å². The number of carbonyl (C=O) groups excluding carboxylic acids is 2. The van der Waals surface area contributed by atoms with Crippen molar-refractivity contribution in [2.45, 2.75) is 58.8 Å². The monoisotopic (exact) mass is 244 g/mol. The molecule has 0 radical (unpaired) electrons. The Morgan fingerprint density at radius 1 is 1.00 bits per heavy atom. The Kier molecular flexibility index (Phi) is 14.4. The molecular formula is C12H25AlO3. The Labute approximate surface area is 109 Å². The van der Waals surface area contributed by atoms with Crippen molar-refractivity contribution < 1.29 is 14.3 Å². The number of hydrogen-bond acceptors (Lipinski definition) is 3. The first-order valence-corrected chi connectivity index (χ1v) is 5.82. The van der Waals surface area contributed by atoms with Crippen molar-refractivity contribution in [3.63, 3.8) is 0 Å². The van der Waals surface area contributed by atoms with Gasteiger partial charge in [0.25, 0.3) is 0 Å². The van der Waals surface area contributed by atoms with Crippen molar-refractivity contribution in [3.05, 3.63) is 0 Å². The van der Waals surface area contributed by atoms with Crippen LogP contribution in [-0.2, 0) is 14.3 Å². The molecule has 0 saturated heterocycles. The van der Waals surface area contributed by atoms with E-state index in [1.165, 1.54) is 32.6 Å². The zero-order chi connectivity index (χ0) is 11.5. The van der Waals surface area contributed by atoms with Crippen molar-refractivity contribution in [1.82, 2.24) is 0 Å². The lowest BCUT2D eigenvalue weighted by Gasteiger charge is -2.03. The van der Waals surface area contributed by atoms with Crippen LogP contribution in [0.5, 0.6) is 0 Å². The quantitative estimate of drug-likeness (QED) is 0.268. The summed E-state index contributed by atoms with van der Waals surface area (Å²) in [5.74, 6) is -0.529. The first-order chi connectivity index (χ1) is 7.16. The van der Waals surface area contributed by atoms with Gasteiger partial charge in [-0.3, -0.25) is 9.59 Å². The number of rotatable bonds is 9. The van der Waals surface area contributed by atoms with E-state index in [9.17, 15) is 9.59 Å². The van der Waals surface area contributed by atoms with Gasteiger partial charge in [0.15, 0.2) is 17.4 Å². The van der Waals surface area contributed by atoms with Crippen LogP contribution in [0.15, 0.2) is 0 Å². The molecule has 0 fully saturated rings. The fourth-order valence-electron chi connectivity index (χ4n) is 1.32. The maximum atomic E-state index is 10.9. The topological polar surface area (TPSA) is 43.4 Å². The van der Waals surface area contributed by atoms with E-state index in [1.54, 1.807) is 0 Å². The minimum atomic E-state index is -0.393. The lowest BCUT2D eigenvalue weighted by molar-refractivity contribution is -0.145. The minimum Gasteiger partial charge on any atom is -0.465 e. The second-order valence-electron chi connectivity index (χ2n) is 3.87. The van der Waals surface area contributed by atoms with Crippen LogP contribution in [0.1, 0.15) is 58.8 Å². The number of esters is 1. The van der Waals surface area contributed by atoms with Gasteiger partial charge in [0.1, 0.15) is 12.2 Å². The molecule has 0 rings (SSSR count). The fourth-order valence-corrected chi connectivity index (χ4v) is 1.32. The van der Waals surface area contributed by atoms with Crippen molar-refractivity contribution in [1.29, 1.82) is 0 Å². The summed E-state index contributed by atoms with van der Waals surface area (Å²) in [5.41, 5.74) is 0. The van der Waals surface area contributed by atoms with Crippen LogP contribution in [0.25, 0.3) is 0 Å². The van der Waals surface area contributed by atoms with Gasteiger partial charge in [-0.05, 0) is 13.3 Å². The summed E-state index contributed by atoms with van der Waals surface area (Å²) < 4.78 is 4.90. The number of unbranched alkanes of at least 4 members (excludes halogenated alkanes) is 5. The molecule has 4 heteroatoms. The smallest absolute Gasteiger partial charge is 0.313 e. The molecule has 0 aromatic carbocycles. The van der Waals surface area contributed by atoms with Crippen molar-refractivity contribution >= 4 is 29.1 Å². The summed E-state index contributed by atoms with van der Waals surface area (Å²) in [7, 11) is 0. The summed E-state index contributed by atoms with van der Waals surface area (Å²) >= 11 is 0. The SMILES string of the molecule is CCCCCCCCOC(=O)CC(C)=O.[AlH3]. The zero-order valence-electron chi connectivity index (χ0n) is 9.88. The second kappa shape index (κ2) is 12.7. The number of ketones is 1. The molecule has 16 heavy (non-hydrogen) atoms. The highest BCUT2D eigenvalue weighted by molar-refractivity contribution is 5.94. The molecule has 0 amide bonds. The summed E-state index contributed by atoms with van der Waals surface area (Å²) in [6, 6.07) is 0. The minimum absolute atomic E-state index is 0. The highest BCUT2D eigenvalue weighted by Crippen LogP contribution is 2.05. The van der Waals surface area contributed by atoms with Crippen LogP contribution < -0.4 is 0 Å². The Bertz CT molecular complexity index is 193. The fraction of sp³-hybridized carbons (Fsp3) is 0.833. The average Bonchev–Trinajstić information content (AvgIpc) is 2.15. The van der Waals surface area contributed by atoms with Gasteiger partial charge in [-0.2, -0.15) is 0 Å². The van der Waals surface area contributed by atoms with Gasteiger partial charge in [-0.1, -0.05) is 39.0 Å². The molecule has 0 spiro atoms. The molecule has 3 nitrogen and oxygen atoms in total. The predicted molar refractivity (Wildman–Crippen MR) is 69.6 cm³/mol. The van der Waals surface area contributed by atoms with Crippen molar-refractivity contribution in [2.24, 2.45) is 0 Å². The van der Waals surface area contributed by atoms with E-state index in [4.69, 9.17) is 4.74 Å². The molecule has 0 saturated carbocycles. The highest BCUT2D eigenvalue weighted by atomic mass is 27.0. The highest BCUT2D eigenvalue weighted by Gasteiger charge is 2.05. The third-order valence-corrected chi connectivity index (χ3v) is 2.15. The largest absolute Gasteiger partial charge is 0.465 e. The Morgan fingerprint density at radius 3 is 2.12 bits per heavy atom. The molecule has 0 atom stereocenters. The summed E-state index contributed by atoms with van der Waals surface area (Å²) in [6.07, 6.45) is 6.92. The summed E-state index contributed by atoms with van der Waals surface area (Å²) in [5, 5.41) is 0. The standard InChI is InChI=1S/C12H22O3.Al.3H/c1-3-4-5-6-7-8-9-15-12(14)10-11(2)13;;;;/h3-10H2,1-2H3;;;;. The number of Topliss-reactive ketones (excluding diaryl/α,β-unsaturated/α-hetero) is 1. The molecule has 0 aromatic heterocycles. The number of carbonyl (C=O) groups is 2. The van der Waals surface area contributed by atoms with E-state index in [2.05, 4.69) is 6.92 Å². The van der Waals surface area contributed by atoms with Gasteiger partial charge in [0.05, 0.1) is 6.61 Å². The third kappa shape index (κ3) is 13.7. The van der Waals surface area contributed by atoms with Crippen LogP contribution in [0.2, 0.25) is 0 Å². The van der Waals surface area contributed by atoms with Crippen LogP contribution in [0, 0.1) is 0 Å². The molecule has 0 aliphatic carbocycles. The maximum absolute atomic E-state index is 10.9. The van der Waals surface area contributed by atoms with E-state index in [0.717, 1.165) is 12.8 Å². The average molecular weight is 244 g/mol. The van der Waals surface area contributed by atoms with E-state index in [0.29, 0.717) is 6.61 Å². The zero-order valence-corrected chi connectivity index (χ0v) is 9.88. The molecule has 0 aliphatic heterocycles. The molecular weight excluding hydrogens is 219 g/mol. The molecule has 0 unspecified atom stereocenters. The molecule has 0 heterocycles. The molecule has 0 aliphatic rings. The Hall–Kier alpha value is -0.328. The van der Waals surface area contributed by atoms with Crippen LogP contribution in [0.3, 0.4) is 0 Å². The van der Waals surface area contributed by atoms with Crippen molar-refractivity contribution in [2.75, 3.05) is 6.61 Å². The second-order valence-corrected chi connectivity index (χ2v) is 3.87. The maximum Gasteiger partial charge on any atom is 0.313 e. The number of hydrogen-bond donors (Lipinski definition) is 0. The third-order valence-electron chi connectivity index (χ3n) is 2.15. The lowest BCUT2D eigenvalue weighted by Crippen LogP contribution is -2.09. The first-order valence-electron chi connectivity index (χ1n) is 5.82. The molecule has 0 N–H and O–H groups in total. The van der Waals surface area contributed by atoms with Crippen LogP contribution in [0.4, 0.5) is 0 Å². The first kappa shape index (κ1) is 18.0. The lowest BCUT2D eigenvalue weighted by atomic mass is 10.1. The van der Waals surface area contributed by atoms with Crippen molar-refractivity contribution in [3.8, 4) is 0 Å². The van der Waals surface area contributed by atoms with Crippen LogP contribution in [-0.4, -0.2) is 35.7 Å². The molecule has 0 aromatic rings. The van der Waals surface area contributed by atoms with Gasteiger partial charge in [-0.25, -0.2) is 0 Å². The van der Waals surface area contributed by atoms with Gasteiger partial charge in [0, 0.05) is 0 Å². The summed E-state index contributed by atoms with van der Waals surface area (Å²) in [4.78, 5) is 21.5. The Morgan fingerprint density at radius 2 is 1.56 bits per heavy atom. The molecule has 0 bridgehead atoms. The number of ether oxygens (including phenoxy) is 1. The van der Waals surface area contributed by atoms with E-state index in [1.807, 2.05) is 0 Å². The van der Waals surface area contributed by atoms with Crippen LogP contribution >= 0.6 is 0 Å². The summed E-state index contributed by atoms with van der Waals surface area (Å²) in [6.45, 7) is 4.04. The predicted octanol–water partition coefficient (Wildman–Crippen LogP) is 1.69.